The molecule has 0 aromatic heterocycles. The fraction of sp³-hybridized carbons (Fsp3) is 0.318. The second-order valence-corrected chi connectivity index (χ2v) is 8.59. The number of carbonyl (C=O) groups is 2. The summed E-state index contributed by atoms with van der Waals surface area (Å²) in [5.41, 5.74) is 1.42. The van der Waals surface area contributed by atoms with Crippen molar-refractivity contribution < 1.29 is 14.3 Å². The Labute approximate surface area is 191 Å². The van der Waals surface area contributed by atoms with E-state index in [9.17, 15) is 9.59 Å². The average Bonchev–Trinajstić information content (AvgIpc) is 2.68. The lowest BCUT2D eigenvalue weighted by Crippen LogP contribution is -2.35. The molecule has 160 valence electrons. The van der Waals surface area contributed by atoms with Crippen molar-refractivity contribution in [2.45, 2.75) is 20.3 Å². The van der Waals surface area contributed by atoms with E-state index in [4.69, 9.17) is 17.0 Å². The Bertz CT molecular complexity index is 932. The quantitative estimate of drug-likeness (QED) is 0.549. The molecule has 0 bridgehead atoms. The van der Waals surface area contributed by atoms with Crippen LogP contribution in [0.5, 0.6) is 5.75 Å². The predicted molar refractivity (Wildman–Crippen MR) is 127 cm³/mol. The number of ether oxygens (including phenoxy) is 1. The van der Waals surface area contributed by atoms with Crippen molar-refractivity contribution in [3.8, 4) is 5.75 Å². The van der Waals surface area contributed by atoms with Gasteiger partial charge in [0.2, 0.25) is 0 Å². The Morgan fingerprint density at radius 1 is 1.17 bits per heavy atom. The zero-order valence-corrected chi connectivity index (χ0v) is 19.9. The summed E-state index contributed by atoms with van der Waals surface area (Å²) in [6.07, 6.45) is 0.951. The summed E-state index contributed by atoms with van der Waals surface area (Å²) in [6.45, 7) is 4.88. The van der Waals surface area contributed by atoms with Crippen LogP contribution in [0, 0.1) is 5.92 Å². The van der Waals surface area contributed by atoms with Gasteiger partial charge < -0.3 is 15.0 Å². The Kier molecular flexibility index (Phi) is 8.80. The fourth-order valence-corrected chi connectivity index (χ4v) is 3.21. The second kappa shape index (κ2) is 11.1. The van der Waals surface area contributed by atoms with E-state index >= 15 is 0 Å². The highest BCUT2D eigenvalue weighted by molar-refractivity contribution is 9.10. The van der Waals surface area contributed by atoms with Crippen LogP contribution in [0.4, 0.5) is 5.69 Å². The van der Waals surface area contributed by atoms with Crippen LogP contribution in [-0.4, -0.2) is 42.5 Å². The number of thiocarbonyl (C=S) groups is 1. The van der Waals surface area contributed by atoms with Gasteiger partial charge in [-0.25, -0.2) is 0 Å². The third-order valence-electron chi connectivity index (χ3n) is 4.19. The van der Waals surface area contributed by atoms with Crippen LogP contribution in [-0.2, 0) is 0 Å². The maximum absolute atomic E-state index is 12.6. The lowest BCUT2D eigenvalue weighted by molar-refractivity contribution is 0.0828. The number of nitrogens with zero attached hydrogens (tertiary/aromatic N) is 1. The lowest BCUT2D eigenvalue weighted by Gasteiger charge is -2.16. The van der Waals surface area contributed by atoms with Crippen molar-refractivity contribution in [1.82, 2.24) is 10.2 Å². The third kappa shape index (κ3) is 6.81. The Morgan fingerprint density at radius 2 is 1.87 bits per heavy atom. The Hall–Kier alpha value is -2.45. The fourth-order valence-electron chi connectivity index (χ4n) is 2.51. The molecule has 8 heteroatoms. The number of rotatable bonds is 7. The SMILES string of the molecule is CC(C)CCOc1ccc(C(=O)NC(=S)Nc2ccccc2C(=O)N(C)C)cc1Br. The number of benzene rings is 2. The van der Waals surface area contributed by atoms with Crippen molar-refractivity contribution in [2.75, 3.05) is 26.0 Å². The van der Waals surface area contributed by atoms with Gasteiger partial charge in [0.05, 0.1) is 22.3 Å². The molecule has 0 saturated carbocycles. The number of hydrogen-bond donors (Lipinski definition) is 2. The van der Waals surface area contributed by atoms with E-state index in [2.05, 4.69) is 40.4 Å². The molecule has 2 rings (SSSR count). The monoisotopic (exact) mass is 491 g/mol. The van der Waals surface area contributed by atoms with Crippen LogP contribution in [0.15, 0.2) is 46.9 Å². The largest absolute Gasteiger partial charge is 0.492 e. The van der Waals surface area contributed by atoms with Crippen molar-refractivity contribution in [2.24, 2.45) is 5.92 Å². The number of carbonyl (C=O) groups excluding carboxylic acids is 2. The first-order chi connectivity index (χ1) is 14.2. The molecular formula is C22H26BrN3O3S. The highest BCUT2D eigenvalue weighted by Gasteiger charge is 2.15. The lowest BCUT2D eigenvalue weighted by atomic mass is 10.1. The summed E-state index contributed by atoms with van der Waals surface area (Å²) in [6, 6.07) is 12.1. The van der Waals surface area contributed by atoms with Crippen LogP contribution in [0.1, 0.15) is 41.0 Å². The molecule has 0 aliphatic heterocycles. The standard InChI is InChI=1S/C22H26BrN3O3S/c1-14(2)11-12-29-19-10-9-15(13-17(19)23)20(27)25-22(30)24-18-8-6-5-7-16(18)21(28)26(3)4/h5-10,13-14H,11-12H2,1-4H3,(H2,24,25,27,30). The zero-order chi connectivity index (χ0) is 22.3. The van der Waals surface area contributed by atoms with Crippen LogP contribution >= 0.6 is 28.1 Å². The third-order valence-corrected chi connectivity index (χ3v) is 5.01. The minimum absolute atomic E-state index is 0.104. The molecule has 2 aromatic rings. The van der Waals surface area contributed by atoms with Gasteiger partial charge in [-0.3, -0.25) is 14.9 Å². The number of hydrogen-bond acceptors (Lipinski definition) is 4. The van der Waals surface area contributed by atoms with Gasteiger partial charge >= 0.3 is 0 Å². The number of para-hydroxylation sites is 1. The first-order valence-electron chi connectivity index (χ1n) is 9.54. The van der Waals surface area contributed by atoms with Crippen molar-refractivity contribution in [1.29, 1.82) is 0 Å². The average molecular weight is 492 g/mol. The number of amides is 2. The van der Waals surface area contributed by atoms with Gasteiger partial charge in [0.15, 0.2) is 5.11 Å². The molecule has 0 radical (unpaired) electrons. The van der Waals surface area contributed by atoms with Gasteiger partial charge in [-0.05, 0) is 70.8 Å². The molecular weight excluding hydrogens is 466 g/mol. The maximum atomic E-state index is 12.6. The first kappa shape index (κ1) is 23.8. The molecule has 2 aromatic carbocycles. The molecule has 0 heterocycles. The smallest absolute Gasteiger partial charge is 0.257 e. The van der Waals surface area contributed by atoms with Gasteiger partial charge in [-0.15, -0.1) is 0 Å². The van der Waals surface area contributed by atoms with E-state index in [-0.39, 0.29) is 16.9 Å². The Morgan fingerprint density at radius 3 is 2.50 bits per heavy atom. The minimum atomic E-state index is -0.363. The molecule has 0 spiro atoms. The summed E-state index contributed by atoms with van der Waals surface area (Å²) >= 11 is 8.71. The van der Waals surface area contributed by atoms with Crippen LogP contribution in [0.25, 0.3) is 0 Å². The summed E-state index contributed by atoms with van der Waals surface area (Å²) in [4.78, 5) is 26.4. The van der Waals surface area contributed by atoms with E-state index in [1.807, 2.05) is 0 Å². The van der Waals surface area contributed by atoms with Gasteiger partial charge in [-0.1, -0.05) is 26.0 Å². The molecule has 0 aliphatic rings. The van der Waals surface area contributed by atoms with E-state index in [0.29, 0.717) is 39.6 Å². The summed E-state index contributed by atoms with van der Waals surface area (Å²) in [5.74, 6) is 0.715. The number of nitrogens with one attached hydrogen (secondary N) is 2. The summed E-state index contributed by atoms with van der Waals surface area (Å²) in [5, 5.41) is 5.67. The topological polar surface area (TPSA) is 70.7 Å². The van der Waals surface area contributed by atoms with Crippen molar-refractivity contribution in [3.63, 3.8) is 0 Å². The van der Waals surface area contributed by atoms with Crippen molar-refractivity contribution >= 4 is 50.8 Å². The van der Waals surface area contributed by atoms with E-state index in [1.165, 1.54) is 4.90 Å². The number of anilines is 1. The Balaban J connectivity index is 2.02. The molecule has 0 unspecified atom stereocenters. The predicted octanol–water partition coefficient (Wildman–Crippen LogP) is 4.70. The molecule has 2 amide bonds. The van der Waals surface area contributed by atoms with E-state index in [0.717, 1.165) is 6.42 Å². The minimum Gasteiger partial charge on any atom is -0.492 e. The molecule has 6 nitrogen and oxygen atoms in total. The molecule has 2 N–H and O–H groups in total. The number of halogens is 1. The summed E-state index contributed by atoms with van der Waals surface area (Å²) < 4.78 is 6.44. The molecule has 0 fully saturated rings. The van der Waals surface area contributed by atoms with Crippen LogP contribution in [0.3, 0.4) is 0 Å². The van der Waals surface area contributed by atoms with Gasteiger partial charge in [0.1, 0.15) is 5.75 Å². The normalized spacial score (nSPS) is 10.5. The van der Waals surface area contributed by atoms with E-state index < -0.39 is 0 Å². The highest BCUT2D eigenvalue weighted by Crippen LogP contribution is 2.26. The van der Waals surface area contributed by atoms with Crippen LogP contribution < -0.4 is 15.4 Å². The summed E-state index contributed by atoms with van der Waals surface area (Å²) in [7, 11) is 3.35. The zero-order valence-electron chi connectivity index (χ0n) is 17.5. The second-order valence-electron chi connectivity index (χ2n) is 7.33. The maximum Gasteiger partial charge on any atom is 0.257 e. The molecule has 0 saturated heterocycles. The molecule has 0 aliphatic carbocycles. The van der Waals surface area contributed by atoms with Crippen molar-refractivity contribution in [3.05, 3.63) is 58.1 Å². The molecule has 0 atom stereocenters. The van der Waals surface area contributed by atoms with Crippen LogP contribution in [0.2, 0.25) is 0 Å². The van der Waals surface area contributed by atoms with Gasteiger partial charge in [0, 0.05) is 19.7 Å². The first-order valence-corrected chi connectivity index (χ1v) is 10.7. The molecule has 30 heavy (non-hydrogen) atoms. The van der Waals surface area contributed by atoms with E-state index in [1.54, 1.807) is 56.6 Å². The van der Waals surface area contributed by atoms with Gasteiger partial charge in [-0.2, -0.15) is 0 Å². The highest BCUT2D eigenvalue weighted by atomic mass is 79.9. The van der Waals surface area contributed by atoms with Gasteiger partial charge in [0.25, 0.3) is 11.8 Å².